The van der Waals surface area contributed by atoms with Crippen molar-refractivity contribution in [1.82, 2.24) is 10.1 Å². The lowest BCUT2D eigenvalue weighted by Gasteiger charge is -2.02. The quantitative estimate of drug-likeness (QED) is 0.878. The SMILES string of the molecule is Cc1cccc(CNc2nc(C(C)C)no2)c1. The Morgan fingerprint density at radius 1 is 1.35 bits per heavy atom. The number of nitrogens with one attached hydrogen (secondary N) is 1. The Balaban J connectivity index is 1.97. The summed E-state index contributed by atoms with van der Waals surface area (Å²) in [6, 6.07) is 8.80. The minimum Gasteiger partial charge on any atom is -0.334 e. The molecule has 0 fully saturated rings. The van der Waals surface area contributed by atoms with Crippen LogP contribution in [-0.2, 0) is 6.54 Å². The molecule has 0 spiro atoms. The molecule has 4 heteroatoms. The Bertz CT molecular complexity index is 491. The van der Waals surface area contributed by atoms with Gasteiger partial charge in [0.2, 0.25) is 0 Å². The highest BCUT2D eigenvalue weighted by Gasteiger charge is 2.08. The molecule has 0 bridgehead atoms. The van der Waals surface area contributed by atoms with E-state index in [-0.39, 0.29) is 5.92 Å². The summed E-state index contributed by atoms with van der Waals surface area (Å²) in [5.74, 6) is 1.02. The van der Waals surface area contributed by atoms with Gasteiger partial charge in [0, 0.05) is 12.5 Å². The summed E-state index contributed by atoms with van der Waals surface area (Å²) in [6.45, 7) is 6.85. The van der Waals surface area contributed by atoms with Crippen LogP contribution in [0.5, 0.6) is 0 Å². The lowest BCUT2D eigenvalue weighted by atomic mass is 10.1. The zero-order valence-electron chi connectivity index (χ0n) is 10.4. The molecule has 2 rings (SSSR count). The van der Waals surface area contributed by atoms with Gasteiger partial charge in [0.05, 0.1) is 0 Å². The second-order valence-electron chi connectivity index (χ2n) is 4.46. The van der Waals surface area contributed by atoms with Crippen LogP contribution < -0.4 is 5.32 Å². The van der Waals surface area contributed by atoms with Crippen molar-refractivity contribution >= 4 is 6.01 Å². The fraction of sp³-hybridized carbons (Fsp3) is 0.385. The minimum atomic E-state index is 0.285. The van der Waals surface area contributed by atoms with Crippen LogP contribution in [0.4, 0.5) is 6.01 Å². The molecule has 1 N–H and O–H groups in total. The number of nitrogens with zero attached hydrogens (tertiary/aromatic N) is 2. The Kier molecular flexibility index (Phi) is 3.42. The van der Waals surface area contributed by atoms with Crippen LogP contribution in [0.2, 0.25) is 0 Å². The van der Waals surface area contributed by atoms with Crippen LogP contribution in [0.25, 0.3) is 0 Å². The lowest BCUT2D eigenvalue weighted by molar-refractivity contribution is 0.419. The van der Waals surface area contributed by atoms with Gasteiger partial charge in [0.25, 0.3) is 0 Å². The van der Waals surface area contributed by atoms with Gasteiger partial charge in [0.1, 0.15) is 0 Å². The van der Waals surface area contributed by atoms with E-state index in [1.165, 1.54) is 11.1 Å². The Labute approximate surface area is 101 Å². The van der Waals surface area contributed by atoms with Crippen molar-refractivity contribution in [3.05, 3.63) is 41.2 Å². The number of benzene rings is 1. The van der Waals surface area contributed by atoms with Gasteiger partial charge in [-0.2, -0.15) is 4.98 Å². The first-order chi connectivity index (χ1) is 8.15. The van der Waals surface area contributed by atoms with Gasteiger partial charge in [-0.15, -0.1) is 0 Å². The van der Waals surface area contributed by atoms with Crippen molar-refractivity contribution in [1.29, 1.82) is 0 Å². The number of rotatable bonds is 4. The molecular weight excluding hydrogens is 214 g/mol. The molecule has 0 aliphatic carbocycles. The van der Waals surface area contributed by atoms with Crippen LogP contribution in [0.15, 0.2) is 28.8 Å². The van der Waals surface area contributed by atoms with E-state index in [1.54, 1.807) is 0 Å². The molecule has 0 amide bonds. The number of anilines is 1. The van der Waals surface area contributed by atoms with Crippen molar-refractivity contribution in [3.8, 4) is 0 Å². The summed E-state index contributed by atoms with van der Waals surface area (Å²) < 4.78 is 5.11. The molecule has 0 aliphatic heterocycles. The lowest BCUT2D eigenvalue weighted by Crippen LogP contribution is -2.00. The summed E-state index contributed by atoms with van der Waals surface area (Å²) in [7, 11) is 0. The van der Waals surface area contributed by atoms with Crippen molar-refractivity contribution in [3.63, 3.8) is 0 Å². The van der Waals surface area contributed by atoms with E-state index in [2.05, 4.69) is 40.6 Å². The highest BCUT2D eigenvalue weighted by molar-refractivity contribution is 5.27. The fourth-order valence-electron chi connectivity index (χ4n) is 1.54. The highest BCUT2D eigenvalue weighted by atomic mass is 16.5. The van der Waals surface area contributed by atoms with Crippen molar-refractivity contribution in [2.45, 2.75) is 33.2 Å². The van der Waals surface area contributed by atoms with Gasteiger partial charge < -0.3 is 9.84 Å². The van der Waals surface area contributed by atoms with E-state index in [0.29, 0.717) is 12.6 Å². The normalized spacial score (nSPS) is 10.8. The van der Waals surface area contributed by atoms with E-state index >= 15 is 0 Å². The van der Waals surface area contributed by atoms with E-state index < -0.39 is 0 Å². The third-order valence-corrected chi connectivity index (χ3v) is 2.48. The van der Waals surface area contributed by atoms with Gasteiger partial charge in [0.15, 0.2) is 5.82 Å². The minimum absolute atomic E-state index is 0.285. The standard InChI is InChI=1S/C13H17N3O/c1-9(2)12-15-13(17-16-12)14-8-11-6-4-5-10(3)7-11/h4-7,9H,8H2,1-3H3,(H,14,15,16). The Hall–Kier alpha value is -1.84. The Morgan fingerprint density at radius 3 is 2.82 bits per heavy atom. The molecule has 0 aliphatic rings. The van der Waals surface area contributed by atoms with Crippen LogP contribution in [0.3, 0.4) is 0 Å². The molecular formula is C13H17N3O. The molecule has 17 heavy (non-hydrogen) atoms. The van der Waals surface area contributed by atoms with E-state index in [0.717, 1.165) is 5.82 Å². The average Bonchev–Trinajstić information content (AvgIpc) is 2.75. The molecule has 90 valence electrons. The second kappa shape index (κ2) is 4.99. The summed E-state index contributed by atoms with van der Waals surface area (Å²) in [6.07, 6.45) is 0. The van der Waals surface area contributed by atoms with Crippen LogP contribution in [0.1, 0.15) is 36.7 Å². The van der Waals surface area contributed by atoms with Gasteiger partial charge in [-0.05, 0) is 12.5 Å². The maximum Gasteiger partial charge on any atom is 0.321 e. The smallest absolute Gasteiger partial charge is 0.321 e. The third-order valence-electron chi connectivity index (χ3n) is 2.48. The van der Waals surface area contributed by atoms with Gasteiger partial charge >= 0.3 is 6.01 Å². The molecule has 0 saturated carbocycles. The van der Waals surface area contributed by atoms with E-state index in [9.17, 15) is 0 Å². The van der Waals surface area contributed by atoms with Crippen LogP contribution in [0, 0.1) is 6.92 Å². The molecule has 0 radical (unpaired) electrons. The number of aromatic nitrogens is 2. The van der Waals surface area contributed by atoms with Crippen molar-refractivity contribution in [2.24, 2.45) is 0 Å². The van der Waals surface area contributed by atoms with Gasteiger partial charge in [-0.3, -0.25) is 0 Å². The van der Waals surface area contributed by atoms with Crippen LogP contribution >= 0.6 is 0 Å². The molecule has 0 saturated heterocycles. The maximum absolute atomic E-state index is 5.11. The molecule has 2 aromatic rings. The molecule has 1 aromatic carbocycles. The second-order valence-corrected chi connectivity index (χ2v) is 4.46. The maximum atomic E-state index is 5.11. The summed E-state index contributed by atoms with van der Waals surface area (Å²) >= 11 is 0. The van der Waals surface area contributed by atoms with E-state index in [1.807, 2.05) is 19.9 Å². The first kappa shape index (κ1) is 11.6. The summed E-state index contributed by atoms with van der Waals surface area (Å²) in [5.41, 5.74) is 2.45. The summed E-state index contributed by atoms with van der Waals surface area (Å²) in [5, 5.41) is 7.02. The molecule has 1 aromatic heterocycles. The topological polar surface area (TPSA) is 51.0 Å². The summed E-state index contributed by atoms with van der Waals surface area (Å²) in [4.78, 5) is 4.26. The molecule has 0 unspecified atom stereocenters. The molecule has 1 heterocycles. The predicted octanol–water partition coefficient (Wildman–Crippen LogP) is 3.11. The molecule has 0 atom stereocenters. The fourth-order valence-corrected chi connectivity index (χ4v) is 1.54. The zero-order chi connectivity index (χ0) is 12.3. The zero-order valence-corrected chi connectivity index (χ0v) is 10.4. The predicted molar refractivity (Wildman–Crippen MR) is 66.9 cm³/mol. The van der Waals surface area contributed by atoms with Crippen molar-refractivity contribution < 1.29 is 4.52 Å². The molecule has 4 nitrogen and oxygen atoms in total. The van der Waals surface area contributed by atoms with Gasteiger partial charge in [-0.1, -0.05) is 48.8 Å². The van der Waals surface area contributed by atoms with Gasteiger partial charge in [-0.25, -0.2) is 0 Å². The van der Waals surface area contributed by atoms with Crippen LogP contribution in [-0.4, -0.2) is 10.1 Å². The average molecular weight is 231 g/mol. The van der Waals surface area contributed by atoms with Crippen molar-refractivity contribution in [2.75, 3.05) is 5.32 Å². The first-order valence-electron chi connectivity index (χ1n) is 5.78. The Morgan fingerprint density at radius 2 is 2.18 bits per heavy atom. The van der Waals surface area contributed by atoms with E-state index in [4.69, 9.17) is 4.52 Å². The number of hydrogen-bond donors (Lipinski definition) is 1. The highest BCUT2D eigenvalue weighted by Crippen LogP contribution is 2.13. The monoisotopic (exact) mass is 231 g/mol. The third kappa shape index (κ3) is 3.06. The number of hydrogen-bond acceptors (Lipinski definition) is 4. The number of aryl methyl sites for hydroxylation is 1. The first-order valence-corrected chi connectivity index (χ1v) is 5.78. The largest absolute Gasteiger partial charge is 0.334 e.